The number of esters is 1. The third kappa shape index (κ3) is 4.82. The maximum atomic E-state index is 12.1. The minimum absolute atomic E-state index is 0.125. The highest BCUT2D eigenvalue weighted by Crippen LogP contribution is 2.17. The Kier molecular flexibility index (Phi) is 5.92. The van der Waals surface area contributed by atoms with Gasteiger partial charge >= 0.3 is 11.9 Å². The first-order chi connectivity index (χ1) is 11.5. The van der Waals surface area contributed by atoms with Crippen molar-refractivity contribution in [2.24, 2.45) is 0 Å². The van der Waals surface area contributed by atoms with Gasteiger partial charge in [0.15, 0.2) is 6.29 Å². The van der Waals surface area contributed by atoms with Crippen molar-refractivity contribution in [3.05, 3.63) is 59.7 Å². The number of carboxylic acids is 1. The van der Waals surface area contributed by atoms with Crippen molar-refractivity contribution in [2.45, 2.75) is 20.1 Å². The van der Waals surface area contributed by atoms with Crippen LogP contribution >= 0.6 is 0 Å². The number of rotatable bonds is 7. The fourth-order valence-corrected chi connectivity index (χ4v) is 1.96. The Morgan fingerprint density at radius 1 is 0.958 bits per heavy atom. The maximum absolute atomic E-state index is 12.1. The van der Waals surface area contributed by atoms with E-state index in [4.69, 9.17) is 19.3 Å². The largest absolute Gasteiger partial charge is 0.478 e. The number of hydrogen-bond acceptors (Lipinski definition) is 5. The maximum Gasteiger partial charge on any atom is 0.343 e. The fourth-order valence-electron chi connectivity index (χ4n) is 1.96. The average molecular weight is 330 g/mol. The Morgan fingerprint density at radius 2 is 1.50 bits per heavy atom. The molecule has 0 bridgehead atoms. The minimum atomic E-state index is -1.04. The molecule has 0 heterocycles. The van der Waals surface area contributed by atoms with E-state index < -0.39 is 11.9 Å². The highest BCUT2D eigenvalue weighted by atomic mass is 16.7. The Balaban J connectivity index is 1.98. The summed E-state index contributed by atoms with van der Waals surface area (Å²) in [7, 11) is 0. The van der Waals surface area contributed by atoms with Crippen LogP contribution < -0.4 is 9.47 Å². The van der Waals surface area contributed by atoms with E-state index >= 15 is 0 Å². The van der Waals surface area contributed by atoms with Crippen LogP contribution in [0.5, 0.6) is 11.5 Å². The van der Waals surface area contributed by atoms with E-state index in [-0.39, 0.29) is 17.6 Å². The lowest BCUT2D eigenvalue weighted by atomic mass is 10.2. The van der Waals surface area contributed by atoms with Gasteiger partial charge in [-0.05, 0) is 62.4 Å². The van der Waals surface area contributed by atoms with Crippen LogP contribution in [0.25, 0.3) is 0 Å². The lowest BCUT2D eigenvalue weighted by Crippen LogP contribution is -2.16. The number of carbonyl (C=O) groups excluding carboxylic acids is 1. The summed E-state index contributed by atoms with van der Waals surface area (Å²) in [4.78, 5) is 22.8. The first kappa shape index (κ1) is 17.5. The van der Waals surface area contributed by atoms with Crippen LogP contribution in [0.3, 0.4) is 0 Å². The van der Waals surface area contributed by atoms with Gasteiger partial charge in [-0.2, -0.15) is 0 Å². The molecule has 2 aromatic carbocycles. The summed E-state index contributed by atoms with van der Waals surface area (Å²) in [6.07, 6.45) is -0.374. The van der Waals surface area contributed by atoms with Gasteiger partial charge in [-0.1, -0.05) is 0 Å². The molecule has 6 heteroatoms. The van der Waals surface area contributed by atoms with Gasteiger partial charge in [-0.25, -0.2) is 9.59 Å². The van der Waals surface area contributed by atoms with Gasteiger partial charge in [0.2, 0.25) is 0 Å². The summed E-state index contributed by atoms with van der Waals surface area (Å²) < 4.78 is 16.0. The Hall–Kier alpha value is -2.86. The Labute approximate surface area is 139 Å². The summed E-state index contributed by atoms with van der Waals surface area (Å²) in [5.41, 5.74) is 0.480. The Bertz CT molecular complexity index is 690. The summed E-state index contributed by atoms with van der Waals surface area (Å²) in [5.74, 6) is -0.721. The minimum Gasteiger partial charge on any atom is -0.478 e. The van der Waals surface area contributed by atoms with Gasteiger partial charge in [0.1, 0.15) is 11.5 Å². The molecular weight excluding hydrogens is 312 g/mol. The molecule has 6 nitrogen and oxygen atoms in total. The molecule has 0 saturated carbocycles. The molecule has 0 fully saturated rings. The molecule has 0 aromatic heterocycles. The van der Waals surface area contributed by atoms with Crippen LogP contribution in [0.1, 0.15) is 34.6 Å². The van der Waals surface area contributed by atoms with E-state index in [1.807, 2.05) is 6.92 Å². The predicted octanol–water partition coefficient (Wildman–Crippen LogP) is 3.37. The zero-order chi connectivity index (χ0) is 17.5. The number of carboxylic acid groups (broad SMARTS) is 1. The molecule has 0 spiro atoms. The van der Waals surface area contributed by atoms with E-state index in [9.17, 15) is 9.59 Å². The molecule has 0 aliphatic rings. The Morgan fingerprint density at radius 3 is 2.04 bits per heavy atom. The lowest BCUT2D eigenvalue weighted by Gasteiger charge is -2.14. The molecule has 24 heavy (non-hydrogen) atoms. The van der Waals surface area contributed by atoms with E-state index in [2.05, 4.69) is 0 Å². The number of ether oxygens (including phenoxy) is 3. The van der Waals surface area contributed by atoms with Gasteiger partial charge in [-0.15, -0.1) is 0 Å². The molecule has 0 aliphatic carbocycles. The van der Waals surface area contributed by atoms with E-state index in [1.165, 1.54) is 24.3 Å². The first-order valence-electron chi connectivity index (χ1n) is 7.43. The van der Waals surface area contributed by atoms with Crippen molar-refractivity contribution in [1.82, 2.24) is 0 Å². The SMILES string of the molecule is CCOC(C)Oc1ccc(C(=O)Oc2ccc(C(=O)O)cc2)cc1. The van der Waals surface area contributed by atoms with Crippen LogP contribution in [0.15, 0.2) is 48.5 Å². The molecule has 1 atom stereocenters. The molecule has 1 unspecified atom stereocenters. The van der Waals surface area contributed by atoms with Gasteiger partial charge in [0.05, 0.1) is 11.1 Å². The summed E-state index contributed by atoms with van der Waals surface area (Å²) in [6, 6.07) is 12.1. The van der Waals surface area contributed by atoms with Crippen LogP contribution in [-0.2, 0) is 4.74 Å². The van der Waals surface area contributed by atoms with Crippen molar-refractivity contribution < 1.29 is 28.9 Å². The molecule has 2 aromatic rings. The molecule has 0 amide bonds. The normalized spacial score (nSPS) is 11.6. The standard InChI is InChI=1S/C18H18O6/c1-3-22-12(2)23-15-10-6-14(7-11-15)18(21)24-16-8-4-13(5-9-16)17(19)20/h4-12H,3H2,1-2H3,(H,19,20). The van der Waals surface area contributed by atoms with Crippen LogP contribution in [0.2, 0.25) is 0 Å². The van der Waals surface area contributed by atoms with Crippen molar-refractivity contribution >= 4 is 11.9 Å². The number of benzene rings is 2. The zero-order valence-corrected chi connectivity index (χ0v) is 13.4. The van der Waals surface area contributed by atoms with Gasteiger partial charge < -0.3 is 19.3 Å². The summed E-state index contributed by atoms with van der Waals surface area (Å²) in [5, 5.41) is 8.83. The third-order valence-corrected chi connectivity index (χ3v) is 3.11. The van der Waals surface area contributed by atoms with Crippen molar-refractivity contribution in [3.8, 4) is 11.5 Å². The fraction of sp³-hybridized carbons (Fsp3) is 0.222. The quantitative estimate of drug-likeness (QED) is 0.476. The number of carbonyl (C=O) groups is 2. The molecule has 0 aliphatic heterocycles. The topological polar surface area (TPSA) is 82.1 Å². The van der Waals surface area contributed by atoms with Crippen LogP contribution in [0.4, 0.5) is 0 Å². The summed E-state index contributed by atoms with van der Waals surface area (Å²) in [6.45, 7) is 4.21. The second kappa shape index (κ2) is 8.12. The average Bonchev–Trinajstić information content (AvgIpc) is 2.56. The first-order valence-corrected chi connectivity index (χ1v) is 7.43. The number of hydrogen-bond donors (Lipinski definition) is 1. The van der Waals surface area contributed by atoms with E-state index in [0.29, 0.717) is 17.9 Å². The molecule has 0 radical (unpaired) electrons. The van der Waals surface area contributed by atoms with Crippen LogP contribution in [-0.4, -0.2) is 29.9 Å². The second-order valence-corrected chi connectivity index (χ2v) is 4.88. The van der Waals surface area contributed by atoms with Crippen molar-refractivity contribution in [3.63, 3.8) is 0 Å². The highest BCUT2D eigenvalue weighted by Gasteiger charge is 2.10. The molecule has 2 rings (SSSR count). The summed E-state index contributed by atoms with van der Waals surface area (Å²) >= 11 is 0. The molecular formula is C18H18O6. The van der Waals surface area contributed by atoms with E-state index in [0.717, 1.165) is 0 Å². The molecule has 126 valence electrons. The van der Waals surface area contributed by atoms with Crippen LogP contribution in [0, 0.1) is 0 Å². The smallest absolute Gasteiger partial charge is 0.343 e. The van der Waals surface area contributed by atoms with Gasteiger partial charge in [-0.3, -0.25) is 0 Å². The third-order valence-electron chi connectivity index (χ3n) is 3.11. The molecule has 0 saturated heterocycles. The second-order valence-electron chi connectivity index (χ2n) is 4.88. The number of aromatic carboxylic acids is 1. The van der Waals surface area contributed by atoms with Crippen molar-refractivity contribution in [1.29, 1.82) is 0 Å². The predicted molar refractivity (Wildman–Crippen MR) is 86.5 cm³/mol. The van der Waals surface area contributed by atoms with Crippen molar-refractivity contribution in [2.75, 3.05) is 6.61 Å². The molecule has 1 N–H and O–H groups in total. The van der Waals surface area contributed by atoms with Gasteiger partial charge in [0.25, 0.3) is 0 Å². The van der Waals surface area contributed by atoms with Gasteiger partial charge in [0, 0.05) is 6.61 Å². The monoisotopic (exact) mass is 330 g/mol. The zero-order valence-electron chi connectivity index (χ0n) is 13.4. The lowest BCUT2D eigenvalue weighted by molar-refractivity contribution is -0.0613. The van der Waals surface area contributed by atoms with E-state index in [1.54, 1.807) is 31.2 Å². The highest BCUT2D eigenvalue weighted by molar-refractivity contribution is 5.91.